The molecule has 0 saturated heterocycles. The first-order valence-electron chi connectivity index (χ1n) is 8.08. The van der Waals surface area contributed by atoms with Crippen LogP contribution in [0.3, 0.4) is 0 Å². The molecule has 1 saturated carbocycles. The lowest BCUT2D eigenvalue weighted by atomic mass is 9.64. The van der Waals surface area contributed by atoms with Crippen molar-refractivity contribution in [3.8, 4) is 0 Å². The van der Waals surface area contributed by atoms with Gasteiger partial charge in [-0.15, -0.1) is 0 Å². The Morgan fingerprint density at radius 2 is 2.14 bits per heavy atom. The number of aliphatic carboxylic acids is 1. The van der Waals surface area contributed by atoms with Crippen LogP contribution < -0.4 is 0 Å². The van der Waals surface area contributed by atoms with Gasteiger partial charge in [-0.2, -0.15) is 5.10 Å². The first kappa shape index (κ1) is 16.1. The largest absolute Gasteiger partial charge is 0.481 e. The fourth-order valence-corrected chi connectivity index (χ4v) is 3.54. The number of rotatable bonds is 4. The minimum atomic E-state index is -0.657. The average molecular weight is 292 g/mol. The maximum atomic E-state index is 11.6. The SMILES string of the molecule is CCCn1cc(C2CC(C(C)(C)C)CCC2C(=O)O)cn1. The molecule has 0 radical (unpaired) electrons. The highest BCUT2D eigenvalue weighted by atomic mass is 16.4. The lowest BCUT2D eigenvalue weighted by Crippen LogP contribution is -2.34. The van der Waals surface area contributed by atoms with Crippen LogP contribution in [-0.4, -0.2) is 20.9 Å². The number of aromatic nitrogens is 2. The Balaban J connectivity index is 2.22. The second-order valence-corrected chi connectivity index (χ2v) is 7.46. The maximum absolute atomic E-state index is 11.6. The van der Waals surface area contributed by atoms with Crippen molar-refractivity contribution in [3.05, 3.63) is 18.0 Å². The van der Waals surface area contributed by atoms with Crippen LogP contribution in [0.25, 0.3) is 0 Å². The van der Waals surface area contributed by atoms with E-state index in [2.05, 4.69) is 39.0 Å². The highest BCUT2D eigenvalue weighted by Crippen LogP contribution is 2.46. The first-order valence-corrected chi connectivity index (χ1v) is 8.08. The molecule has 1 aliphatic carbocycles. The number of hydrogen-bond donors (Lipinski definition) is 1. The van der Waals surface area contributed by atoms with Crippen LogP contribution in [0.2, 0.25) is 0 Å². The summed E-state index contributed by atoms with van der Waals surface area (Å²) in [6, 6.07) is 0. The van der Waals surface area contributed by atoms with E-state index in [4.69, 9.17) is 0 Å². The van der Waals surface area contributed by atoms with Crippen molar-refractivity contribution < 1.29 is 9.90 Å². The van der Waals surface area contributed by atoms with Crippen molar-refractivity contribution in [2.45, 2.75) is 65.8 Å². The predicted octanol–water partition coefficient (Wildman–Crippen LogP) is 3.92. The van der Waals surface area contributed by atoms with Crippen molar-refractivity contribution in [2.24, 2.45) is 17.3 Å². The topological polar surface area (TPSA) is 55.1 Å². The highest BCUT2D eigenvalue weighted by Gasteiger charge is 2.40. The summed E-state index contributed by atoms with van der Waals surface area (Å²) in [5.41, 5.74) is 1.34. The molecule has 1 aromatic rings. The van der Waals surface area contributed by atoms with Crippen LogP contribution in [0.15, 0.2) is 12.4 Å². The van der Waals surface area contributed by atoms with Crippen LogP contribution in [0, 0.1) is 17.3 Å². The van der Waals surface area contributed by atoms with E-state index in [-0.39, 0.29) is 17.3 Å². The summed E-state index contributed by atoms with van der Waals surface area (Å²) in [6.07, 6.45) is 7.72. The molecule has 0 amide bonds. The molecule has 1 aromatic heterocycles. The highest BCUT2D eigenvalue weighted by molar-refractivity contribution is 5.71. The van der Waals surface area contributed by atoms with Gasteiger partial charge in [0.1, 0.15) is 0 Å². The van der Waals surface area contributed by atoms with Gasteiger partial charge in [0, 0.05) is 18.7 Å². The molecule has 3 atom stereocenters. The second-order valence-electron chi connectivity index (χ2n) is 7.46. The van der Waals surface area contributed by atoms with Crippen molar-refractivity contribution in [1.82, 2.24) is 9.78 Å². The van der Waals surface area contributed by atoms with Crippen molar-refractivity contribution in [1.29, 1.82) is 0 Å². The maximum Gasteiger partial charge on any atom is 0.307 e. The zero-order valence-electron chi connectivity index (χ0n) is 13.7. The molecule has 2 rings (SSSR count). The fourth-order valence-electron chi connectivity index (χ4n) is 3.54. The van der Waals surface area contributed by atoms with E-state index >= 15 is 0 Å². The molecule has 1 N–H and O–H groups in total. The number of hydrogen-bond acceptors (Lipinski definition) is 2. The third kappa shape index (κ3) is 3.66. The lowest BCUT2D eigenvalue weighted by Gasteiger charge is -2.40. The van der Waals surface area contributed by atoms with Gasteiger partial charge in [0.25, 0.3) is 0 Å². The summed E-state index contributed by atoms with van der Waals surface area (Å²) in [4.78, 5) is 11.6. The van der Waals surface area contributed by atoms with Crippen LogP contribution in [0.5, 0.6) is 0 Å². The van der Waals surface area contributed by atoms with Gasteiger partial charge in [0.05, 0.1) is 12.1 Å². The smallest absolute Gasteiger partial charge is 0.307 e. The Labute approximate surface area is 127 Å². The van der Waals surface area contributed by atoms with Gasteiger partial charge in [-0.3, -0.25) is 9.48 Å². The van der Waals surface area contributed by atoms with Crippen LogP contribution >= 0.6 is 0 Å². The van der Waals surface area contributed by atoms with Gasteiger partial charge in [0.15, 0.2) is 0 Å². The molecule has 1 aliphatic rings. The molecular weight excluding hydrogens is 264 g/mol. The Morgan fingerprint density at radius 1 is 1.43 bits per heavy atom. The van der Waals surface area contributed by atoms with Gasteiger partial charge in [-0.05, 0) is 42.6 Å². The van der Waals surface area contributed by atoms with Crippen LogP contribution in [0.4, 0.5) is 0 Å². The van der Waals surface area contributed by atoms with Crippen LogP contribution in [-0.2, 0) is 11.3 Å². The minimum absolute atomic E-state index is 0.103. The third-order valence-corrected chi connectivity index (χ3v) is 4.93. The van der Waals surface area contributed by atoms with E-state index in [0.717, 1.165) is 37.8 Å². The van der Waals surface area contributed by atoms with E-state index in [9.17, 15) is 9.90 Å². The molecule has 0 aliphatic heterocycles. The number of carboxylic acid groups (broad SMARTS) is 1. The standard InChI is InChI=1S/C17H28N2O2/c1-5-8-19-11-12(10-18-19)15-9-13(17(2,3)4)6-7-14(15)16(20)21/h10-11,13-15H,5-9H2,1-4H3,(H,20,21). The van der Waals surface area contributed by atoms with Crippen molar-refractivity contribution in [3.63, 3.8) is 0 Å². The lowest BCUT2D eigenvalue weighted by molar-refractivity contribution is -0.144. The van der Waals surface area contributed by atoms with Gasteiger partial charge in [-0.25, -0.2) is 0 Å². The average Bonchev–Trinajstić information content (AvgIpc) is 2.86. The van der Waals surface area contributed by atoms with Gasteiger partial charge in [0.2, 0.25) is 0 Å². The monoisotopic (exact) mass is 292 g/mol. The Kier molecular flexibility index (Phi) is 4.74. The Bertz CT molecular complexity index is 487. The van der Waals surface area contributed by atoms with Crippen molar-refractivity contribution >= 4 is 5.97 Å². The summed E-state index contributed by atoms with van der Waals surface area (Å²) in [6.45, 7) is 9.80. The Morgan fingerprint density at radius 3 is 2.71 bits per heavy atom. The summed E-state index contributed by atoms with van der Waals surface area (Å²) >= 11 is 0. The zero-order valence-corrected chi connectivity index (χ0v) is 13.7. The molecule has 4 heteroatoms. The molecule has 118 valence electrons. The molecule has 0 spiro atoms. The number of nitrogens with zero attached hydrogens (tertiary/aromatic N) is 2. The first-order chi connectivity index (χ1) is 9.82. The molecule has 0 aromatic carbocycles. The van der Waals surface area contributed by atoms with E-state index in [1.54, 1.807) is 0 Å². The zero-order chi connectivity index (χ0) is 15.6. The summed E-state index contributed by atoms with van der Waals surface area (Å²) in [5.74, 6) is -0.239. The van der Waals surface area contributed by atoms with Gasteiger partial charge < -0.3 is 5.11 Å². The molecule has 1 heterocycles. The van der Waals surface area contributed by atoms with E-state index in [0.29, 0.717) is 5.92 Å². The van der Waals surface area contributed by atoms with E-state index < -0.39 is 5.97 Å². The normalized spacial score (nSPS) is 26.8. The van der Waals surface area contributed by atoms with E-state index in [1.807, 2.05) is 10.9 Å². The number of carbonyl (C=O) groups is 1. The molecule has 0 bridgehead atoms. The molecular formula is C17H28N2O2. The quantitative estimate of drug-likeness (QED) is 0.915. The molecule has 4 nitrogen and oxygen atoms in total. The molecule has 1 fully saturated rings. The second kappa shape index (κ2) is 6.20. The minimum Gasteiger partial charge on any atom is -0.481 e. The van der Waals surface area contributed by atoms with Crippen LogP contribution in [0.1, 0.15) is 64.9 Å². The van der Waals surface area contributed by atoms with Gasteiger partial charge in [-0.1, -0.05) is 27.7 Å². The summed E-state index contributed by atoms with van der Waals surface area (Å²) < 4.78 is 1.94. The van der Waals surface area contributed by atoms with Crippen molar-refractivity contribution in [2.75, 3.05) is 0 Å². The number of aryl methyl sites for hydroxylation is 1. The Hall–Kier alpha value is -1.32. The molecule has 21 heavy (non-hydrogen) atoms. The number of carboxylic acids is 1. The fraction of sp³-hybridized carbons (Fsp3) is 0.765. The van der Waals surface area contributed by atoms with Gasteiger partial charge >= 0.3 is 5.97 Å². The molecule has 3 unspecified atom stereocenters. The summed E-state index contributed by atoms with van der Waals surface area (Å²) in [7, 11) is 0. The summed E-state index contributed by atoms with van der Waals surface area (Å²) in [5, 5.41) is 13.9. The third-order valence-electron chi connectivity index (χ3n) is 4.93. The van der Waals surface area contributed by atoms with E-state index in [1.165, 1.54) is 0 Å². The predicted molar refractivity (Wildman–Crippen MR) is 83.2 cm³/mol.